The zero-order valence-corrected chi connectivity index (χ0v) is 18.5. The maximum absolute atomic E-state index is 12.5. The van der Waals surface area contributed by atoms with Crippen molar-refractivity contribution in [2.24, 2.45) is 10.2 Å². The lowest BCUT2D eigenvalue weighted by Gasteiger charge is -2.17. The minimum atomic E-state index is -0.0678. The van der Waals surface area contributed by atoms with Gasteiger partial charge in [0, 0.05) is 24.8 Å². The van der Waals surface area contributed by atoms with Crippen molar-refractivity contribution < 1.29 is 4.79 Å². The van der Waals surface area contributed by atoms with Crippen LogP contribution in [0, 0.1) is 0 Å². The molecule has 0 atom stereocenters. The third-order valence-corrected chi connectivity index (χ3v) is 6.41. The molecule has 1 amide bonds. The van der Waals surface area contributed by atoms with Crippen molar-refractivity contribution in [2.75, 3.05) is 29.1 Å². The number of thioether (sulfide) groups is 1. The molecule has 1 saturated carbocycles. The summed E-state index contributed by atoms with van der Waals surface area (Å²) in [6.45, 7) is 2.08. The zero-order chi connectivity index (χ0) is 21.8. The van der Waals surface area contributed by atoms with Gasteiger partial charge < -0.3 is 10.2 Å². The molecule has 1 aliphatic carbocycles. The summed E-state index contributed by atoms with van der Waals surface area (Å²) >= 11 is 1.45. The van der Waals surface area contributed by atoms with Crippen LogP contribution < -0.4 is 10.2 Å². The first-order valence-electron chi connectivity index (χ1n) is 11.0. The first-order valence-corrected chi connectivity index (χ1v) is 11.9. The van der Waals surface area contributed by atoms with E-state index in [9.17, 15) is 4.79 Å². The normalized spacial score (nSPS) is 16.1. The maximum atomic E-state index is 12.5. The van der Waals surface area contributed by atoms with Crippen LogP contribution in [0.15, 0.2) is 70.0 Å². The van der Waals surface area contributed by atoms with Crippen molar-refractivity contribution >= 4 is 40.7 Å². The SMILES string of the molecule is O=C(CSc1nnc(N2CCCC2)n1C1CC1)Nc1ccc(N=Nc2ccccc2)cc1. The lowest BCUT2D eigenvalue weighted by atomic mass is 10.3. The monoisotopic (exact) mass is 447 g/mol. The molecule has 9 heteroatoms. The molecule has 1 N–H and O–H groups in total. The van der Waals surface area contributed by atoms with Crippen LogP contribution >= 0.6 is 11.8 Å². The Morgan fingerprint density at radius 3 is 2.34 bits per heavy atom. The molecule has 2 aliphatic rings. The second-order valence-electron chi connectivity index (χ2n) is 8.00. The van der Waals surface area contributed by atoms with Crippen molar-refractivity contribution in [1.82, 2.24) is 14.8 Å². The fraction of sp³-hybridized carbons (Fsp3) is 0.348. The molecule has 1 aromatic heterocycles. The second kappa shape index (κ2) is 9.52. The van der Waals surface area contributed by atoms with Gasteiger partial charge in [-0.3, -0.25) is 9.36 Å². The minimum Gasteiger partial charge on any atom is -0.341 e. The van der Waals surface area contributed by atoms with E-state index in [0.29, 0.717) is 11.8 Å². The Hall–Kier alpha value is -3.20. The first kappa shape index (κ1) is 20.7. The number of anilines is 2. The number of aromatic nitrogens is 3. The van der Waals surface area contributed by atoms with E-state index in [1.54, 1.807) is 0 Å². The summed E-state index contributed by atoms with van der Waals surface area (Å²) < 4.78 is 2.23. The molecular formula is C23H25N7OS. The molecule has 0 radical (unpaired) electrons. The lowest BCUT2D eigenvalue weighted by molar-refractivity contribution is -0.113. The molecule has 0 spiro atoms. The molecular weight excluding hydrogens is 422 g/mol. The fourth-order valence-electron chi connectivity index (χ4n) is 3.70. The Labute approximate surface area is 191 Å². The van der Waals surface area contributed by atoms with E-state index in [2.05, 4.69) is 35.2 Å². The number of carbonyl (C=O) groups is 1. The van der Waals surface area contributed by atoms with E-state index in [1.165, 1.54) is 24.6 Å². The molecule has 2 heterocycles. The largest absolute Gasteiger partial charge is 0.341 e. The van der Waals surface area contributed by atoms with Crippen molar-refractivity contribution in [1.29, 1.82) is 0 Å². The number of rotatable bonds is 8. The molecule has 5 rings (SSSR count). The van der Waals surface area contributed by atoms with E-state index >= 15 is 0 Å². The molecule has 2 aromatic carbocycles. The quantitative estimate of drug-likeness (QED) is 0.371. The van der Waals surface area contributed by atoms with Gasteiger partial charge in [0.05, 0.1) is 17.1 Å². The van der Waals surface area contributed by atoms with Gasteiger partial charge in [-0.1, -0.05) is 30.0 Å². The maximum Gasteiger partial charge on any atom is 0.234 e. The van der Waals surface area contributed by atoms with Gasteiger partial charge in [0.15, 0.2) is 5.16 Å². The van der Waals surface area contributed by atoms with Crippen molar-refractivity contribution in [3.8, 4) is 0 Å². The highest BCUT2D eigenvalue weighted by Crippen LogP contribution is 2.41. The van der Waals surface area contributed by atoms with Crippen molar-refractivity contribution in [3.05, 3.63) is 54.6 Å². The number of hydrogen-bond acceptors (Lipinski definition) is 7. The third-order valence-electron chi connectivity index (χ3n) is 5.47. The van der Waals surface area contributed by atoms with E-state index < -0.39 is 0 Å². The van der Waals surface area contributed by atoms with Crippen LogP contribution in [0.5, 0.6) is 0 Å². The van der Waals surface area contributed by atoms with Gasteiger partial charge in [0.2, 0.25) is 11.9 Å². The average Bonchev–Trinajstić information content (AvgIpc) is 3.34. The summed E-state index contributed by atoms with van der Waals surface area (Å²) in [6, 6.07) is 17.4. The summed E-state index contributed by atoms with van der Waals surface area (Å²) in [5.41, 5.74) is 2.26. The molecule has 32 heavy (non-hydrogen) atoms. The zero-order valence-electron chi connectivity index (χ0n) is 17.7. The van der Waals surface area contributed by atoms with Crippen LogP contribution in [0.2, 0.25) is 0 Å². The second-order valence-corrected chi connectivity index (χ2v) is 8.94. The fourth-order valence-corrected chi connectivity index (χ4v) is 4.50. The lowest BCUT2D eigenvalue weighted by Crippen LogP contribution is -2.22. The van der Waals surface area contributed by atoms with Crippen LogP contribution in [-0.2, 0) is 4.79 Å². The summed E-state index contributed by atoms with van der Waals surface area (Å²) in [6.07, 6.45) is 4.73. The molecule has 3 aromatic rings. The standard InChI is InChI=1S/C23H25N7OS/c31-21(24-17-8-10-19(11-9-17)26-25-18-6-2-1-3-7-18)16-32-23-28-27-22(29-14-4-5-15-29)30(23)20-12-13-20/h1-3,6-11,20H,4-5,12-16H2,(H,24,31). The predicted molar refractivity (Wildman–Crippen MR) is 126 cm³/mol. The average molecular weight is 448 g/mol. The third kappa shape index (κ3) is 4.99. The van der Waals surface area contributed by atoms with Crippen molar-refractivity contribution in [3.63, 3.8) is 0 Å². The number of azo groups is 1. The molecule has 8 nitrogen and oxygen atoms in total. The number of nitrogens with one attached hydrogen (secondary N) is 1. The Morgan fingerprint density at radius 2 is 1.66 bits per heavy atom. The molecule has 0 bridgehead atoms. The number of hydrogen-bond donors (Lipinski definition) is 1. The van der Waals surface area contributed by atoms with E-state index in [-0.39, 0.29) is 5.91 Å². The summed E-state index contributed by atoms with van der Waals surface area (Å²) in [5, 5.41) is 21.0. The highest BCUT2D eigenvalue weighted by molar-refractivity contribution is 7.99. The molecule has 0 unspecified atom stereocenters. The molecule has 1 saturated heterocycles. The van der Waals surface area contributed by atoms with E-state index in [4.69, 9.17) is 0 Å². The number of carbonyl (C=O) groups excluding carboxylic acids is 1. The number of benzene rings is 2. The molecule has 164 valence electrons. The number of amides is 1. The van der Waals surface area contributed by atoms with Crippen LogP contribution in [0.4, 0.5) is 23.0 Å². The van der Waals surface area contributed by atoms with Gasteiger partial charge >= 0.3 is 0 Å². The Morgan fingerprint density at radius 1 is 0.969 bits per heavy atom. The first-order chi connectivity index (χ1) is 15.8. The van der Waals surface area contributed by atoms with Crippen LogP contribution in [0.25, 0.3) is 0 Å². The van der Waals surface area contributed by atoms with Gasteiger partial charge in [-0.25, -0.2) is 0 Å². The molecule has 1 aliphatic heterocycles. The molecule has 2 fully saturated rings. The van der Waals surface area contributed by atoms with E-state index in [1.807, 2.05) is 54.6 Å². The Balaban J connectivity index is 1.16. The number of nitrogens with zero attached hydrogens (tertiary/aromatic N) is 6. The Bertz CT molecular complexity index is 1090. The van der Waals surface area contributed by atoms with Crippen molar-refractivity contribution in [2.45, 2.75) is 36.9 Å². The summed E-state index contributed by atoms with van der Waals surface area (Å²) in [4.78, 5) is 14.8. The smallest absolute Gasteiger partial charge is 0.234 e. The predicted octanol–water partition coefficient (Wildman–Crippen LogP) is 5.36. The van der Waals surface area contributed by atoms with Gasteiger partial charge in [-0.05, 0) is 62.1 Å². The van der Waals surface area contributed by atoms with Gasteiger partial charge in [0.25, 0.3) is 0 Å². The highest BCUT2D eigenvalue weighted by Gasteiger charge is 2.32. The topological polar surface area (TPSA) is 87.8 Å². The summed E-state index contributed by atoms with van der Waals surface area (Å²) in [5.74, 6) is 1.19. The van der Waals surface area contributed by atoms with Gasteiger partial charge in [-0.15, -0.1) is 10.2 Å². The van der Waals surface area contributed by atoms with Gasteiger partial charge in [0.1, 0.15) is 0 Å². The Kier molecular flexibility index (Phi) is 6.15. The van der Waals surface area contributed by atoms with Gasteiger partial charge in [-0.2, -0.15) is 10.2 Å². The van der Waals surface area contributed by atoms with Crippen LogP contribution in [-0.4, -0.2) is 39.5 Å². The summed E-state index contributed by atoms with van der Waals surface area (Å²) in [7, 11) is 0. The van der Waals surface area contributed by atoms with E-state index in [0.717, 1.165) is 54.1 Å². The highest BCUT2D eigenvalue weighted by atomic mass is 32.2. The minimum absolute atomic E-state index is 0.0678. The van der Waals surface area contributed by atoms with Crippen LogP contribution in [0.3, 0.4) is 0 Å². The van der Waals surface area contributed by atoms with Crippen LogP contribution in [0.1, 0.15) is 31.7 Å².